The molecule has 0 spiro atoms. The first kappa shape index (κ1) is 21.2. The molecule has 11 nitrogen and oxygen atoms in total. The maximum Gasteiger partial charge on any atom is 0.303 e. The van der Waals surface area contributed by atoms with E-state index in [1.165, 1.54) is 31.7 Å². The molecule has 3 rings (SSSR count). The fraction of sp³-hybridized carbons (Fsp3) is 0.500. The Morgan fingerprint density at radius 3 is 2.34 bits per heavy atom. The monoisotopic (exact) mass is 446 g/mol. The van der Waals surface area contributed by atoms with Crippen LogP contribution >= 0.6 is 23.2 Å². The van der Waals surface area contributed by atoms with Gasteiger partial charge < -0.3 is 18.9 Å². The third kappa shape index (κ3) is 4.57. The van der Waals surface area contributed by atoms with Crippen LogP contribution in [0, 0.1) is 0 Å². The summed E-state index contributed by atoms with van der Waals surface area (Å²) >= 11 is 11.9. The number of rotatable bonds is 5. The van der Waals surface area contributed by atoms with Crippen molar-refractivity contribution in [3.05, 3.63) is 16.8 Å². The molecule has 13 heteroatoms. The van der Waals surface area contributed by atoms with Gasteiger partial charge in [0.15, 0.2) is 29.2 Å². The average molecular weight is 447 g/mol. The van der Waals surface area contributed by atoms with Gasteiger partial charge in [-0.1, -0.05) is 11.6 Å². The lowest BCUT2D eigenvalue weighted by molar-refractivity contribution is -0.166. The van der Waals surface area contributed by atoms with Crippen molar-refractivity contribution in [3.8, 4) is 0 Å². The minimum atomic E-state index is -1.08. The van der Waals surface area contributed by atoms with Gasteiger partial charge in [0.25, 0.3) is 0 Å². The molecule has 2 aromatic rings. The maximum atomic E-state index is 11.7. The first-order valence-corrected chi connectivity index (χ1v) is 9.11. The standard InChI is InChI=1S/C16H16Cl2N4O7/c1-6(23)26-4-9-11(27-7(2)24)12(28-8(3)25)15(29-9)22-5-19-10-13(17)20-16(18)21-14(10)22/h5,9,11-12,15H,4H2,1-3H3/t9-,11+,12-,15+/m0/s1. The van der Waals surface area contributed by atoms with E-state index < -0.39 is 42.4 Å². The molecule has 1 aliphatic rings. The van der Waals surface area contributed by atoms with E-state index in [0.29, 0.717) is 0 Å². The molecule has 1 saturated heterocycles. The van der Waals surface area contributed by atoms with Gasteiger partial charge in [-0.05, 0) is 11.6 Å². The average Bonchev–Trinajstić information content (AvgIpc) is 3.15. The minimum Gasteiger partial charge on any atom is -0.463 e. The molecule has 0 aliphatic carbocycles. The summed E-state index contributed by atoms with van der Waals surface area (Å²) in [5.41, 5.74) is 0.459. The molecule has 2 aromatic heterocycles. The molecule has 0 aromatic carbocycles. The van der Waals surface area contributed by atoms with E-state index in [0.717, 1.165) is 0 Å². The van der Waals surface area contributed by atoms with Crippen LogP contribution in [0.4, 0.5) is 0 Å². The van der Waals surface area contributed by atoms with Crippen LogP contribution in [0.15, 0.2) is 6.33 Å². The van der Waals surface area contributed by atoms with E-state index in [9.17, 15) is 14.4 Å². The molecule has 0 bridgehead atoms. The SMILES string of the molecule is CC(=O)OC[C@@H]1O[C@@H](n2cnc3c(Cl)nc(Cl)nc32)[C@@H](OC(C)=O)[C@@H]1OC(C)=O. The van der Waals surface area contributed by atoms with Crippen molar-refractivity contribution in [1.29, 1.82) is 0 Å². The van der Waals surface area contributed by atoms with Gasteiger partial charge in [-0.2, -0.15) is 4.98 Å². The van der Waals surface area contributed by atoms with Crippen molar-refractivity contribution >= 4 is 52.3 Å². The second-order valence-corrected chi connectivity index (χ2v) is 6.82. The highest BCUT2D eigenvalue weighted by molar-refractivity contribution is 6.35. The molecule has 156 valence electrons. The molecule has 0 unspecified atom stereocenters. The molecular formula is C16H16Cl2N4O7. The Morgan fingerprint density at radius 1 is 1.07 bits per heavy atom. The lowest BCUT2D eigenvalue weighted by atomic mass is 10.1. The van der Waals surface area contributed by atoms with Crippen molar-refractivity contribution in [2.24, 2.45) is 0 Å². The summed E-state index contributed by atoms with van der Waals surface area (Å²) in [6.07, 6.45) is -2.71. The Balaban J connectivity index is 2.04. The van der Waals surface area contributed by atoms with E-state index in [1.54, 1.807) is 0 Å². The Labute approximate surface area is 174 Å². The number of hydrogen-bond acceptors (Lipinski definition) is 10. The second-order valence-electron chi connectivity index (χ2n) is 6.12. The number of esters is 3. The number of nitrogens with zero attached hydrogens (tertiary/aromatic N) is 4. The van der Waals surface area contributed by atoms with Crippen LogP contribution in [0.5, 0.6) is 0 Å². The topological polar surface area (TPSA) is 132 Å². The number of aromatic nitrogens is 4. The molecule has 1 fully saturated rings. The molecule has 0 radical (unpaired) electrons. The van der Waals surface area contributed by atoms with Gasteiger partial charge in [0.2, 0.25) is 5.28 Å². The van der Waals surface area contributed by atoms with E-state index >= 15 is 0 Å². The second kappa shape index (κ2) is 8.47. The molecule has 1 aliphatic heterocycles. The van der Waals surface area contributed by atoms with Gasteiger partial charge in [-0.15, -0.1) is 0 Å². The third-order valence-electron chi connectivity index (χ3n) is 3.97. The van der Waals surface area contributed by atoms with E-state index in [4.69, 9.17) is 42.1 Å². The summed E-state index contributed by atoms with van der Waals surface area (Å²) in [7, 11) is 0. The number of ether oxygens (including phenoxy) is 4. The zero-order chi connectivity index (χ0) is 21.3. The molecular weight excluding hydrogens is 431 g/mol. The van der Waals surface area contributed by atoms with Gasteiger partial charge in [0.1, 0.15) is 18.2 Å². The lowest BCUT2D eigenvalue weighted by Crippen LogP contribution is -2.40. The summed E-state index contributed by atoms with van der Waals surface area (Å²) in [5.74, 6) is -1.82. The van der Waals surface area contributed by atoms with Crippen molar-refractivity contribution in [2.45, 2.75) is 45.3 Å². The maximum absolute atomic E-state index is 11.7. The highest BCUT2D eigenvalue weighted by Gasteiger charge is 2.51. The van der Waals surface area contributed by atoms with Gasteiger partial charge in [-0.3, -0.25) is 19.0 Å². The van der Waals surface area contributed by atoms with Crippen LogP contribution in [0.2, 0.25) is 10.4 Å². The van der Waals surface area contributed by atoms with Gasteiger partial charge in [0, 0.05) is 20.8 Å². The van der Waals surface area contributed by atoms with Crippen LogP contribution in [0.1, 0.15) is 27.0 Å². The van der Waals surface area contributed by atoms with Crippen molar-refractivity contribution in [1.82, 2.24) is 19.5 Å². The molecule has 0 amide bonds. The highest BCUT2D eigenvalue weighted by atomic mass is 35.5. The number of carbonyl (C=O) groups excluding carboxylic acids is 3. The van der Waals surface area contributed by atoms with Gasteiger partial charge in [-0.25, -0.2) is 9.97 Å². The quantitative estimate of drug-likeness (QED) is 0.287. The zero-order valence-electron chi connectivity index (χ0n) is 15.5. The normalized spacial score (nSPS) is 23.8. The minimum absolute atomic E-state index is 0.0220. The van der Waals surface area contributed by atoms with Crippen molar-refractivity contribution in [3.63, 3.8) is 0 Å². The van der Waals surface area contributed by atoms with Gasteiger partial charge >= 0.3 is 17.9 Å². The van der Waals surface area contributed by atoms with Crippen LogP contribution in [0.25, 0.3) is 11.2 Å². The van der Waals surface area contributed by atoms with E-state index in [-0.39, 0.29) is 28.2 Å². The number of halogens is 2. The first-order chi connectivity index (χ1) is 13.7. The molecule has 3 heterocycles. The molecule has 4 atom stereocenters. The van der Waals surface area contributed by atoms with Crippen molar-refractivity contribution < 1.29 is 33.3 Å². The molecule has 29 heavy (non-hydrogen) atoms. The van der Waals surface area contributed by atoms with Crippen molar-refractivity contribution in [2.75, 3.05) is 6.61 Å². The first-order valence-electron chi connectivity index (χ1n) is 8.36. The fourth-order valence-electron chi connectivity index (χ4n) is 2.96. The largest absolute Gasteiger partial charge is 0.463 e. The summed E-state index contributed by atoms with van der Waals surface area (Å²) in [4.78, 5) is 46.6. The van der Waals surface area contributed by atoms with E-state index in [1.807, 2.05) is 0 Å². The number of hydrogen-bond donors (Lipinski definition) is 0. The lowest BCUT2D eigenvalue weighted by Gasteiger charge is -2.23. The Bertz CT molecular complexity index is 966. The number of fused-ring (bicyclic) bond motifs is 1. The molecule has 0 N–H and O–H groups in total. The Hall–Kier alpha value is -2.50. The van der Waals surface area contributed by atoms with Crippen LogP contribution in [-0.4, -0.2) is 62.3 Å². The smallest absolute Gasteiger partial charge is 0.303 e. The zero-order valence-corrected chi connectivity index (χ0v) is 17.0. The number of imidazole rings is 1. The summed E-state index contributed by atoms with van der Waals surface area (Å²) in [6.45, 7) is 3.38. The number of carbonyl (C=O) groups is 3. The van der Waals surface area contributed by atoms with Crippen LogP contribution in [0.3, 0.4) is 0 Å². The summed E-state index contributed by atoms with van der Waals surface area (Å²) in [5, 5.41) is -0.104. The molecule has 0 saturated carbocycles. The Kier molecular flexibility index (Phi) is 6.20. The third-order valence-corrected chi connectivity index (χ3v) is 4.40. The van der Waals surface area contributed by atoms with Gasteiger partial charge in [0.05, 0.1) is 6.33 Å². The Morgan fingerprint density at radius 2 is 1.72 bits per heavy atom. The van der Waals surface area contributed by atoms with Crippen LogP contribution in [-0.2, 0) is 33.3 Å². The summed E-state index contributed by atoms with van der Waals surface area (Å²) < 4.78 is 23.0. The predicted octanol–water partition coefficient (Wildman–Crippen LogP) is 1.46. The van der Waals surface area contributed by atoms with Crippen LogP contribution < -0.4 is 0 Å². The summed E-state index contributed by atoms with van der Waals surface area (Å²) in [6, 6.07) is 0. The highest BCUT2D eigenvalue weighted by Crippen LogP contribution is 2.36. The fourth-order valence-corrected chi connectivity index (χ4v) is 3.38. The predicted molar refractivity (Wildman–Crippen MR) is 97.0 cm³/mol. The van der Waals surface area contributed by atoms with E-state index in [2.05, 4.69) is 15.0 Å².